The summed E-state index contributed by atoms with van der Waals surface area (Å²) in [5.74, 6) is 1.52. The number of rotatable bonds is 2. The highest BCUT2D eigenvalue weighted by Crippen LogP contribution is 2.30. The molecule has 2 aliphatic rings. The fourth-order valence-corrected chi connectivity index (χ4v) is 4.04. The standard InChI is InChI=1S/C14H25N3O2S.ClH/c1-4-12(18)17-9-20-7-10(17)13(19)16-6-5-11(15)14(2,3)8-16;/h10-11H,4-9,15H2,1-3H3;1H. The Morgan fingerprint density at radius 2 is 2.05 bits per heavy atom. The first-order valence-corrected chi connectivity index (χ1v) is 8.44. The van der Waals surface area contributed by atoms with Crippen molar-refractivity contribution in [3.63, 3.8) is 0 Å². The Morgan fingerprint density at radius 1 is 1.38 bits per heavy atom. The summed E-state index contributed by atoms with van der Waals surface area (Å²) in [6.45, 7) is 7.45. The second kappa shape index (κ2) is 7.20. The van der Waals surface area contributed by atoms with Crippen LogP contribution in [0.25, 0.3) is 0 Å². The fourth-order valence-electron chi connectivity index (χ4n) is 2.87. The Morgan fingerprint density at radius 3 is 2.62 bits per heavy atom. The number of likely N-dealkylation sites (tertiary alicyclic amines) is 1. The van der Waals surface area contributed by atoms with Crippen LogP contribution in [0.15, 0.2) is 0 Å². The van der Waals surface area contributed by atoms with Gasteiger partial charge in [-0.05, 0) is 11.8 Å². The molecule has 2 saturated heterocycles. The van der Waals surface area contributed by atoms with Crippen LogP contribution in [-0.4, -0.2) is 58.4 Å². The number of carbonyl (C=O) groups excluding carboxylic acids is 2. The lowest BCUT2D eigenvalue weighted by atomic mass is 9.79. The molecule has 21 heavy (non-hydrogen) atoms. The average molecular weight is 336 g/mol. The Labute approximate surface area is 137 Å². The Bertz CT molecular complexity index is 406. The summed E-state index contributed by atoms with van der Waals surface area (Å²) < 4.78 is 0. The Kier molecular flexibility index (Phi) is 6.37. The van der Waals surface area contributed by atoms with E-state index in [1.54, 1.807) is 16.7 Å². The van der Waals surface area contributed by atoms with E-state index in [9.17, 15) is 9.59 Å². The molecule has 0 radical (unpaired) electrons. The van der Waals surface area contributed by atoms with Gasteiger partial charge in [-0.25, -0.2) is 0 Å². The molecule has 0 aromatic rings. The molecular weight excluding hydrogens is 310 g/mol. The van der Waals surface area contributed by atoms with Gasteiger partial charge < -0.3 is 15.5 Å². The van der Waals surface area contributed by atoms with Gasteiger partial charge in [0.15, 0.2) is 0 Å². The molecule has 2 amide bonds. The molecule has 122 valence electrons. The lowest BCUT2D eigenvalue weighted by molar-refractivity contribution is -0.145. The number of amides is 2. The van der Waals surface area contributed by atoms with E-state index in [0.717, 1.165) is 6.42 Å². The van der Waals surface area contributed by atoms with Gasteiger partial charge in [0.05, 0.1) is 5.88 Å². The molecule has 2 fully saturated rings. The van der Waals surface area contributed by atoms with Gasteiger partial charge >= 0.3 is 0 Å². The van der Waals surface area contributed by atoms with E-state index in [2.05, 4.69) is 13.8 Å². The largest absolute Gasteiger partial charge is 0.340 e. The van der Waals surface area contributed by atoms with Crippen molar-refractivity contribution in [1.29, 1.82) is 0 Å². The summed E-state index contributed by atoms with van der Waals surface area (Å²) >= 11 is 1.66. The van der Waals surface area contributed by atoms with Crippen molar-refractivity contribution in [2.24, 2.45) is 11.1 Å². The highest BCUT2D eigenvalue weighted by Gasteiger charge is 2.41. The molecular formula is C14H26ClN3O2S. The third-order valence-electron chi connectivity index (χ3n) is 4.41. The maximum absolute atomic E-state index is 12.7. The minimum atomic E-state index is -0.280. The number of nitrogens with two attached hydrogens (primary N) is 1. The van der Waals surface area contributed by atoms with E-state index in [1.807, 2.05) is 11.8 Å². The van der Waals surface area contributed by atoms with Crippen molar-refractivity contribution in [3.05, 3.63) is 0 Å². The topological polar surface area (TPSA) is 66.6 Å². The summed E-state index contributed by atoms with van der Waals surface area (Å²) in [6.07, 6.45) is 1.29. The molecule has 0 aromatic heterocycles. The third kappa shape index (κ3) is 3.85. The van der Waals surface area contributed by atoms with Crippen LogP contribution in [0.5, 0.6) is 0 Å². The molecule has 2 N–H and O–H groups in total. The molecule has 2 rings (SSSR count). The van der Waals surface area contributed by atoms with Crippen LogP contribution in [0.1, 0.15) is 33.6 Å². The number of nitrogens with zero attached hydrogens (tertiary/aromatic N) is 2. The van der Waals surface area contributed by atoms with E-state index < -0.39 is 0 Å². The van der Waals surface area contributed by atoms with Gasteiger partial charge in [0.2, 0.25) is 11.8 Å². The summed E-state index contributed by atoms with van der Waals surface area (Å²) in [4.78, 5) is 28.2. The Hall–Kier alpha value is -0.460. The van der Waals surface area contributed by atoms with Gasteiger partial charge in [0.25, 0.3) is 0 Å². The van der Waals surface area contributed by atoms with E-state index in [0.29, 0.717) is 31.1 Å². The molecule has 2 unspecified atom stereocenters. The number of halogens is 1. The molecule has 2 aliphatic heterocycles. The van der Waals surface area contributed by atoms with Gasteiger partial charge in [0.1, 0.15) is 6.04 Å². The monoisotopic (exact) mass is 335 g/mol. The molecule has 2 atom stereocenters. The first kappa shape index (κ1) is 18.6. The summed E-state index contributed by atoms with van der Waals surface area (Å²) in [6, 6.07) is -0.143. The van der Waals surface area contributed by atoms with Crippen LogP contribution < -0.4 is 5.73 Å². The summed E-state index contributed by atoms with van der Waals surface area (Å²) in [7, 11) is 0. The normalized spacial score (nSPS) is 28.2. The van der Waals surface area contributed by atoms with Crippen LogP contribution in [0, 0.1) is 5.41 Å². The number of thioether (sulfide) groups is 1. The Balaban J connectivity index is 0.00000220. The number of hydrogen-bond donors (Lipinski definition) is 1. The van der Waals surface area contributed by atoms with Gasteiger partial charge in [-0.1, -0.05) is 20.8 Å². The van der Waals surface area contributed by atoms with Crippen molar-refractivity contribution in [2.45, 2.75) is 45.7 Å². The van der Waals surface area contributed by atoms with E-state index in [1.165, 1.54) is 0 Å². The minimum absolute atomic E-state index is 0. The molecule has 2 heterocycles. The predicted molar refractivity (Wildman–Crippen MR) is 88.5 cm³/mol. The first-order chi connectivity index (χ1) is 9.36. The molecule has 0 spiro atoms. The molecule has 0 bridgehead atoms. The smallest absolute Gasteiger partial charge is 0.246 e. The zero-order valence-corrected chi connectivity index (χ0v) is 14.6. The van der Waals surface area contributed by atoms with Gasteiger partial charge in [0, 0.05) is 31.3 Å². The van der Waals surface area contributed by atoms with E-state index in [-0.39, 0.29) is 41.7 Å². The zero-order chi connectivity index (χ0) is 14.9. The van der Waals surface area contributed by atoms with Crippen LogP contribution in [0.3, 0.4) is 0 Å². The number of piperidine rings is 1. The third-order valence-corrected chi connectivity index (χ3v) is 5.43. The van der Waals surface area contributed by atoms with Crippen LogP contribution in [0.4, 0.5) is 0 Å². The second-order valence-electron chi connectivity index (χ2n) is 6.38. The molecule has 0 aliphatic carbocycles. The average Bonchev–Trinajstić information content (AvgIpc) is 2.89. The van der Waals surface area contributed by atoms with Crippen molar-refractivity contribution in [3.8, 4) is 0 Å². The summed E-state index contributed by atoms with van der Waals surface area (Å²) in [5, 5.41) is 0. The molecule has 0 saturated carbocycles. The molecule has 0 aromatic carbocycles. The predicted octanol–water partition coefficient (Wildman–Crippen LogP) is 1.31. The van der Waals surface area contributed by atoms with E-state index >= 15 is 0 Å². The van der Waals surface area contributed by atoms with Crippen molar-refractivity contribution >= 4 is 36.0 Å². The lowest BCUT2D eigenvalue weighted by Gasteiger charge is -2.43. The quantitative estimate of drug-likeness (QED) is 0.826. The zero-order valence-electron chi connectivity index (χ0n) is 13.0. The van der Waals surface area contributed by atoms with Gasteiger partial charge in [-0.2, -0.15) is 0 Å². The maximum atomic E-state index is 12.7. The number of hydrogen-bond acceptors (Lipinski definition) is 4. The van der Waals surface area contributed by atoms with Crippen LogP contribution in [0.2, 0.25) is 0 Å². The summed E-state index contributed by atoms with van der Waals surface area (Å²) in [5.41, 5.74) is 6.06. The lowest BCUT2D eigenvalue weighted by Crippen LogP contribution is -2.58. The maximum Gasteiger partial charge on any atom is 0.246 e. The number of carbonyl (C=O) groups is 2. The van der Waals surface area contributed by atoms with Crippen LogP contribution in [-0.2, 0) is 9.59 Å². The second-order valence-corrected chi connectivity index (χ2v) is 7.38. The highest BCUT2D eigenvalue weighted by molar-refractivity contribution is 7.99. The van der Waals surface area contributed by atoms with E-state index in [4.69, 9.17) is 5.73 Å². The SMILES string of the molecule is CCC(=O)N1CSCC1C(=O)N1CCC(N)C(C)(C)C1.Cl. The van der Waals surface area contributed by atoms with Gasteiger partial charge in [-0.15, -0.1) is 24.2 Å². The van der Waals surface area contributed by atoms with Crippen molar-refractivity contribution in [2.75, 3.05) is 24.7 Å². The fraction of sp³-hybridized carbons (Fsp3) is 0.857. The van der Waals surface area contributed by atoms with Crippen LogP contribution >= 0.6 is 24.2 Å². The molecule has 7 heteroatoms. The minimum Gasteiger partial charge on any atom is -0.340 e. The van der Waals surface area contributed by atoms with Crippen molar-refractivity contribution in [1.82, 2.24) is 9.80 Å². The van der Waals surface area contributed by atoms with Gasteiger partial charge in [-0.3, -0.25) is 9.59 Å². The highest BCUT2D eigenvalue weighted by atomic mass is 35.5. The first-order valence-electron chi connectivity index (χ1n) is 7.28. The molecule has 5 nitrogen and oxygen atoms in total. The van der Waals surface area contributed by atoms with Crippen molar-refractivity contribution < 1.29 is 9.59 Å².